The zero-order valence-electron chi connectivity index (χ0n) is 20.4. The van der Waals surface area contributed by atoms with Gasteiger partial charge in [-0.15, -0.1) is 0 Å². The van der Waals surface area contributed by atoms with Gasteiger partial charge in [-0.2, -0.15) is 0 Å². The summed E-state index contributed by atoms with van der Waals surface area (Å²) < 4.78 is 0. The topological polar surface area (TPSA) is 0 Å². The van der Waals surface area contributed by atoms with E-state index in [1.165, 1.54) is 38.5 Å². The van der Waals surface area contributed by atoms with Crippen molar-refractivity contribution in [1.29, 1.82) is 0 Å². The van der Waals surface area contributed by atoms with Crippen LogP contribution in [-0.2, 0) is 25.8 Å². The number of rotatable bonds is 4. The van der Waals surface area contributed by atoms with E-state index in [0.29, 0.717) is 5.41 Å². The molecule has 4 rings (SSSR count). The molecule has 28 heavy (non-hydrogen) atoms. The Kier molecular flexibility index (Phi) is 14.8. The Morgan fingerprint density at radius 2 is 0.893 bits per heavy atom. The van der Waals surface area contributed by atoms with Crippen molar-refractivity contribution in [1.82, 2.24) is 0 Å². The molecular formula is C27H52Hf. The maximum atomic E-state index is 2.57. The van der Waals surface area contributed by atoms with Crippen LogP contribution in [0.3, 0.4) is 0 Å². The van der Waals surface area contributed by atoms with Crippen LogP contribution < -0.4 is 0 Å². The molecule has 0 bridgehead atoms. The minimum Gasteiger partial charge on any atom is -0.358 e. The summed E-state index contributed by atoms with van der Waals surface area (Å²) in [6, 6.07) is 0. The van der Waals surface area contributed by atoms with Crippen molar-refractivity contribution >= 4 is 0 Å². The van der Waals surface area contributed by atoms with Crippen molar-refractivity contribution in [3.8, 4) is 0 Å². The second-order valence-electron chi connectivity index (χ2n) is 9.72. The summed E-state index contributed by atoms with van der Waals surface area (Å²) in [4.78, 5) is 0. The van der Waals surface area contributed by atoms with Gasteiger partial charge in [-0.3, -0.25) is 0 Å². The van der Waals surface area contributed by atoms with Crippen LogP contribution >= 0.6 is 0 Å². The molecule has 0 aliphatic heterocycles. The van der Waals surface area contributed by atoms with Gasteiger partial charge < -0.3 is 29.7 Å². The van der Waals surface area contributed by atoms with Crippen LogP contribution in [0.2, 0.25) is 0 Å². The zero-order valence-corrected chi connectivity index (χ0v) is 24.0. The SMILES string of the molecule is CCC(CC)(C1CCC2CCCCC21)C1CCC2CCCCC21.[CH3-].[CH3-].[CH3-].[CH3-].[Hf+4]. The van der Waals surface area contributed by atoms with Gasteiger partial charge in [0.2, 0.25) is 0 Å². The van der Waals surface area contributed by atoms with Gasteiger partial charge in [0, 0.05) is 0 Å². The molecule has 4 fully saturated rings. The molecular weight excluding hydrogens is 503 g/mol. The van der Waals surface area contributed by atoms with Crippen LogP contribution in [0.1, 0.15) is 104 Å². The predicted octanol–water partition coefficient (Wildman–Crippen LogP) is 9.02. The molecule has 6 atom stereocenters. The van der Waals surface area contributed by atoms with E-state index in [1.54, 1.807) is 51.4 Å². The molecule has 0 aromatic rings. The first-order valence-electron chi connectivity index (χ1n) is 11.3. The van der Waals surface area contributed by atoms with Crippen molar-refractivity contribution < 1.29 is 25.8 Å². The molecule has 0 amide bonds. The fourth-order valence-corrected chi connectivity index (χ4v) is 8.47. The normalized spacial score (nSPS) is 36.2. The average molecular weight is 555 g/mol. The molecule has 4 aliphatic carbocycles. The molecule has 0 nitrogen and oxygen atoms in total. The van der Waals surface area contributed by atoms with Crippen molar-refractivity contribution in [2.24, 2.45) is 40.9 Å². The quantitative estimate of drug-likeness (QED) is 0.240. The van der Waals surface area contributed by atoms with E-state index < -0.39 is 0 Å². The minimum atomic E-state index is 0. The van der Waals surface area contributed by atoms with Crippen molar-refractivity contribution in [3.05, 3.63) is 29.7 Å². The van der Waals surface area contributed by atoms with E-state index >= 15 is 0 Å². The van der Waals surface area contributed by atoms with E-state index in [0.717, 1.165) is 35.5 Å². The molecule has 0 radical (unpaired) electrons. The summed E-state index contributed by atoms with van der Waals surface area (Å²) in [5, 5.41) is 0. The summed E-state index contributed by atoms with van der Waals surface area (Å²) in [6.45, 7) is 5.13. The Labute approximate surface area is 199 Å². The fraction of sp³-hybridized carbons (Fsp3) is 0.852. The third-order valence-electron chi connectivity index (χ3n) is 9.46. The molecule has 0 aromatic heterocycles. The van der Waals surface area contributed by atoms with Gasteiger partial charge in [-0.1, -0.05) is 52.4 Å². The molecule has 1 heteroatoms. The molecule has 6 unspecified atom stereocenters. The Hall–Kier alpha value is 0.870. The molecule has 0 heterocycles. The number of hydrogen-bond donors (Lipinski definition) is 0. The molecule has 4 saturated carbocycles. The molecule has 0 saturated heterocycles. The maximum absolute atomic E-state index is 2.57. The van der Waals surface area contributed by atoms with E-state index in [4.69, 9.17) is 0 Å². The first-order chi connectivity index (χ1) is 11.3. The Balaban J connectivity index is 0. The van der Waals surface area contributed by atoms with Crippen LogP contribution in [0, 0.1) is 70.6 Å². The third kappa shape index (κ3) is 5.19. The summed E-state index contributed by atoms with van der Waals surface area (Å²) in [7, 11) is 0. The second-order valence-corrected chi connectivity index (χ2v) is 9.72. The summed E-state index contributed by atoms with van der Waals surface area (Å²) in [6.07, 6.45) is 21.7. The molecule has 164 valence electrons. The van der Waals surface area contributed by atoms with Gasteiger partial charge in [0.15, 0.2) is 0 Å². The number of fused-ring (bicyclic) bond motifs is 2. The largest absolute Gasteiger partial charge is 4.00 e. The number of hydrogen-bond acceptors (Lipinski definition) is 0. The Morgan fingerprint density at radius 3 is 1.25 bits per heavy atom. The van der Waals surface area contributed by atoms with E-state index in [9.17, 15) is 0 Å². The Morgan fingerprint density at radius 1 is 0.536 bits per heavy atom. The van der Waals surface area contributed by atoms with E-state index in [-0.39, 0.29) is 55.5 Å². The molecule has 4 aliphatic rings. The van der Waals surface area contributed by atoms with Crippen LogP contribution in [0.15, 0.2) is 0 Å². The van der Waals surface area contributed by atoms with E-state index in [1.807, 2.05) is 0 Å². The summed E-state index contributed by atoms with van der Waals surface area (Å²) in [5.41, 5.74) is 0.716. The smallest absolute Gasteiger partial charge is 0.358 e. The second kappa shape index (κ2) is 13.3. The molecule has 0 N–H and O–H groups in total. The van der Waals surface area contributed by atoms with Crippen LogP contribution in [0.5, 0.6) is 0 Å². The van der Waals surface area contributed by atoms with Gasteiger partial charge in [0.1, 0.15) is 0 Å². The maximum Gasteiger partial charge on any atom is 4.00 e. The van der Waals surface area contributed by atoms with Gasteiger partial charge in [0.05, 0.1) is 0 Å². The third-order valence-corrected chi connectivity index (χ3v) is 9.46. The van der Waals surface area contributed by atoms with Gasteiger partial charge in [0.25, 0.3) is 0 Å². The van der Waals surface area contributed by atoms with Gasteiger partial charge in [-0.05, 0) is 92.3 Å². The van der Waals surface area contributed by atoms with Crippen LogP contribution in [-0.4, -0.2) is 0 Å². The van der Waals surface area contributed by atoms with Crippen LogP contribution in [0.4, 0.5) is 0 Å². The van der Waals surface area contributed by atoms with Crippen molar-refractivity contribution in [2.45, 2.75) is 104 Å². The first kappa shape index (κ1) is 31.1. The van der Waals surface area contributed by atoms with Gasteiger partial charge in [-0.25, -0.2) is 0 Å². The van der Waals surface area contributed by atoms with Crippen molar-refractivity contribution in [2.75, 3.05) is 0 Å². The molecule has 0 aromatic carbocycles. The Bertz CT molecular complexity index is 365. The molecule has 0 spiro atoms. The van der Waals surface area contributed by atoms with E-state index in [2.05, 4.69) is 13.8 Å². The predicted molar refractivity (Wildman–Crippen MR) is 125 cm³/mol. The fourth-order valence-electron chi connectivity index (χ4n) is 8.47. The summed E-state index contributed by atoms with van der Waals surface area (Å²) >= 11 is 0. The average Bonchev–Trinajstić information content (AvgIpc) is 3.23. The minimum absolute atomic E-state index is 0. The first-order valence-corrected chi connectivity index (χ1v) is 11.3. The van der Waals surface area contributed by atoms with Crippen LogP contribution in [0.25, 0.3) is 0 Å². The summed E-state index contributed by atoms with van der Waals surface area (Å²) in [5.74, 6) is 6.66. The zero-order chi connectivity index (χ0) is 15.9. The van der Waals surface area contributed by atoms with Crippen molar-refractivity contribution in [3.63, 3.8) is 0 Å². The van der Waals surface area contributed by atoms with Gasteiger partial charge >= 0.3 is 25.8 Å². The standard InChI is InChI=1S/C23H40.4CH3.Hf/c1-3-23(4-2,21-15-13-17-9-5-7-11-19(17)21)22-16-14-18-10-6-8-12-20(18)22;;;;;/h17-22H,3-16H2,1-2H3;4*1H3;/q;4*-1;+4. The monoisotopic (exact) mass is 556 g/mol.